The smallest absolute Gasteiger partial charge is 0.282 e. The number of hydrogen-bond acceptors (Lipinski definition) is 5. The molecular formula is C26H21Br2ClFN3O3. The van der Waals surface area contributed by atoms with Gasteiger partial charge in [-0.25, -0.2) is 9.37 Å². The first-order valence-corrected chi connectivity index (χ1v) is 13.1. The van der Waals surface area contributed by atoms with Crippen LogP contribution in [0, 0.1) is 5.82 Å². The fraction of sp³-hybridized carbons (Fsp3) is 0.192. The maximum atomic E-state index is 13.2. The second kappa shape index (κ2) is 11.5. The molecule has 0 aliphatic heterocycles. The minimum absolute atomic E-state index is 0.174. The molecule has 0 saturated heterocycles. The van der Waals surface area contributed by atoms with E-state index in [9.17, 15) is 9.18 Å². The van der Waals surface area contributed by atoms with Crippen LogP contribution in [0.5, 0.6) is 11.5 Å². The minimum Gasteiger partial charge on any atom is -0.490 e. The fourth-order valence-electron chi connectivity index (χ4n) is 3.49. The molecule has 0 radical (unpaired) electrons. The van der Waals surface area contributed by atoms with Crippen LogP contribution in [0.15, 0.2) is 67.4 Å². The number of fused-ring (bicyclic) bond motifs is 1. The van der Waals surface area contributed by atoms with E-state index in [2.05, 4.69) is 41.9 Å². The Morgan fingerprint density at radius 1 is 1.11 bits per heavy atom. The fourth-order valence-corrected chi connectivity index (χ4v) is 4.51. The van der Waals surface area contributed by atoms with Gasteiger partial charge in [0.05, 0.1) is 23.7 Å². The van der Waals surface area contributed by atoms with Crippen LogP contribution in [0.25, 0.3) is 10.9 Å². The van der Waals surface area contributed by atoms with Crippen molar-refractivity contribution in [2.45, 2.75) is 26.9 Å². The normalized spacial score (nSPS) is 11.4. The Morgan fingerprint density at radius 3 is 2.56 bits per heavy atom. The van der Waals surface area contributed by atoms with Crippen LogP contribution in [-0.2, 0) is 13.0 Å². The number of aromatic nitrogens is 2. The lowest BCUT2D eigenvalue weighted by molar-refractivity contribution is 0.269. The Morgan fingerprint density at radius 2 is 1.86 bits per heavy atom. The third kappa shape index (κ3) is 5.63. The van der Waals surface area contributed by atoms with Gasteiger partial charge in [-0.05, 0) is 64.8 Å². The zero-order chi connectivity index (χ0) is 25.8. The third-order valence-corrected chi connectivity index (χ3v) is 7.19. The highest BCUT2D eigenvalue weighted by molar-refractivity contribution is 9.10. The molecule has 0 unspecified atom stereocenters. The quantitative estimate of drug-likeness (QED) is 0.193. The number of hydrogen-bond donors (Lipinski definition) is 0. The zero-order valence-electron chi connectivity index (χ0n) is 19.4. The van der Waals surface area contributed by atoms with Crippen molar-refractivity contribution in [3.8, 4) is 11.5 Å². The molecule has 0 N–H and O–H groups in total. The molecule has 4 rings (SSSR count). The molecule has 0 atom stereocenters. The summed E-state index contributed by atoms with van der Waals surface area (Å²) in [6.07, 6.45) is 2.04. The van der Waals surface area contributed by atoms with Crippen molar-refractivity contribution in [1.82, 2.24) is 9.66 Å². The van der Waals surface area contributed by atoms with Crippen LogP contribution in [0.4, 0.5) is 4.39 Å². The lowest BCUT2D eigenvalue weighted by Gasteiger charge is -2.16. The van der Waals surface area contributed by atoms with E-state index in [1.54, 1.807) is 30.3 Å². The Bertz CT molecular complexity index is 1510. The van der Waals surface area contributed by atoms with Crippen LogP contribution in [0.2, 0.25) is 5.02 Å². The zero-order valence-corrected chi connectivity index (χ0v) is 23.3. The summed E-state index contributed by atoms with van der Waals surface area (Å²) in [4.78, 5) is 17.8. The number of nitrogens with zero attached hydrogens (tertiary/aromatic N) is 3. The summed E-state index contributed by atoms with van der Waals surface area (Å²) < 4.78 is 27.5. The van der Waals surface area contributed by atoms with E-state index < -0.39 is 0 Å². The number of ether oxygens (including phenoxy) is 2. The van der Waals surface area contributed by atoms with Gasteiger partial charge in [0.2, 0.25) is 0 Å². The van der Waals surface area contributed by atoms with Crippen LogP contribution < -0.4 is 15.0 Å². The molecule has 1 aromatic heterocycles. The molecule has 0 spiro atoms. The minimum atomic E-state index is -0.322. The van der Waals surface area contributed by atoms with Crippen molar-refractivity contribution in [2.75, 3.05) is 6.61 Å². The molecule has 186 valence electrons. The van der Waals surface area contributed by atoms with Crippen LogP contribution in [-0.4, -0.2) is 22.5 Å². The van der Waals surface area contributed by atoms with Crippen molar-refractivity contribution in [3.05, 3.63) is 95.6 Å². The Labute approximate surface area is 229 Å². The summed E-state index contributed by atoms with van der Waals surface area (Å²) in [6, 6.07) is 13.1. The lowest BCUT2D eigenvalue weighted by Crippen LogP contribution is -2.22. The maximum absolute atomic E-state index is 13.2. The Kier molecular flexibility index (Phi) is 8.43. The average Bonchev–Trinajstić information content (AvgIpc) is 2.87. The summed E-state index contributed by atoms with van der Waals surface area (Å²) in [7, 11) is 0. The van der Waals surface area contributed by atoms with Crippen molar-refractivity contribution in [3.63, 3.8) is 0 Å². The largest absolute Gasteiger partial charge is 0.490 e. The summed E-state index contributed by atoms with van der Waals surface area (Å²) in [5.74, 6) is 0.962. The van der Waals surface area contributed by atoms with E-state index >= 15 is 0 Å². The van der Waals surface area contributed by atoms with Gasteiger partial charge in [0.25, 0.3) is 5.56 Å². The number of aryl methyl sites for hydroxylation is 1. The van der Waals surface area contributed by atoms with Gasteiger partial charge in [-0.1, -0.05) is 46.6 Å². The van der Waals surface area contributed by atoms with E-state index in [0.717, 1.165) is 10.0 Å². The van der Waals surface area contributed by atoms with E-state index in [1.165, 1.54) is 23.0 Å². The lowest BCUT2D eigenvalue weighted by atomic mass is 10.2. The van der Waals surface area contributed by atoms with Gasteiger partial charge < -0.3 is 9.47 Å². The van der Waals surface area contributed by atoms with Gasteiger partial charge in [-0.3, -0.25) is 4.79 Å². The van der Waals surface area contributed by atoms with Gasteiger partial charge in [0.15, 0.2) is 11.5 Å². The second-order valence-corrected chi connectivity index (χ2v) is 9.76. The highest BCUT2D eigenvalue weighted by Crippen LogP contribution is 2.42. The topological polar surface area (TPSA) is 65.7 Å². The summed E-state index contributed by atoms with van der Waals surface area (Å²) in [5.41, 5.74) is 1.69. The van der Waals surface area contributed by atoms with E-state index in [0.29, 0.717) is 51.3 Å². The molecule has 4 aromatic rings. The highest BCUT2D eigenvalue weighted by atomic mass is 79.9. The molecular weight excluding hydrogens is 617 g/mol. The van der Waals surface area contributed by atoms with Crippen LogP contribution in [0.3, 0.4) is 0 Å². The standard InChI is InChI=1S/C26H21Br2ClFN3O3/c1-3-22-32-20-10-7-17(27)12-19(20)26(34)33(22)31-13-16-11-21(35-4-2)25(24(29)23(16)28)36-14-15-5-8-18(30)9-6-15/h5-13H,3-4,14H2,1-2H3. The Hall–Kier alpha value is -2.75. The third-order valence-electron chi connectivity index (χ3n) is 5.26. The van der Waals surface area contributed by atoms with Crippen LogP contribution >= 0.6 is 43.5 Å². The first kappa shape index (κ1) is 26.3. The average molecular weight is 638 g/mol. The van der Waals surface area contributed by atoms with Crippen molar-refractivity contribution in [2.24, 2.45) is 5.10 Å². The van der Waals surface area contributed by atoms with Crippen LogP contribution in [0.1, 0.15) is 30.8 Å². The van der Waals surface area contributed by atoms with Crippen molar-refractivity contribution < 1.29 is 13.9 Å². The summed E-state index contributed by atoms with van der Waals surface area (Å²) >= 11 is 13.6. The van der Waals surface area contributed by atoms with Crippen molar-refractivity contribution >= 4 is 60.6 Å². The monoisotopic (exact) mass is 635 g/mol. The molecule has 6 nitrogen and oxygen atoms in total. The molecule has 0 saturated carbocycles. The SMILES string of the molecule is CCOc1cc(C=Nn2c(CC)nc3ccc(Br)cc3c2=O)c(Br)c(Cl)c1OCc1ccc(F)cc1. The maximum Gasteiger partial charge on any atom is 0.282 e. The van der Waals surface area contributed by atoms with Gasteiger partial charge in [-0.2, -0.15) is 9.78 Å². The molecule has 10 heteroatoms. The molecule has 0 bridgehead atoms. The molecule has 0 fully saturated rings. The molecule has 0 aliphatic rings. The van der Waals surface area contributed by atoms with E-state index in [1.807, 2.05) is 19.9 Å². The van der Waals surface area contributed by atoms with Gasteiger partial charge >= 0.3 is 0 Å². The molecule has 0 amide bonds. The first-order valence-electron chi connectivity index (χ1n) is 11.1. The van der Waals surface area contributed by atoms with E-state index in [4.69, 9.17) is 21.1 Å². The summed E-state index contributed by atoms with van der Waals surface area (Å²) in [6.45, 7) is 4.31. The number of rotatable bonds is 8. The predicted molar refractivity (Wildman–Crippen MR) is 147 cm³/mol. The molecule has 0 aliphatic carbocycles. The highest BCUT2D eigenvalue weighted by Gasteiger charge is 2.18. The molecule has 1 heterocycles. The predicted octanol–water partition coefficient (Wildman–Crippen LogP) is 7.14. The summed E-state index contributed by atoms with van der Waals surface area (Å²) in [5, 5.41) is 5.18. The molecule has 36 heavy (non-hydrogen) atoms. The first-order chi connectivity index (χ1) is 17.3. The Balaban J connectivity index is 1.72. The number of benzene rings is 3. The number of halogens is 4. The van der Waals surface area contributed by atoms with Crippen molar-refractivity contribution in [1.29, 1.82) is 0 Å². The van der Waals surface area contributed by atoms with Gasteiger partial charge in [0.1, 0.15) is 23.3 Å². The van der Waals surface area contributed by atoms with Gasteiger partial charge in [-0.15, -0.1) is 0 Å². The molecule has 3 aromatic carbocycles. The van der Waals surface area contributed by atoms with Gasteiger partial charge in [0, 0.05) is 20.9 Å². The second-order valence-electron chi connectivity index (χ2n) is 7.67. The van der Waals surface area contributed by atoms with E-state index in [-0.39, 0.29) is 23.0 Å².